The maximum Gasteiger partial charge on any atom is 0.258 e. The summed E-state index contributed by atoms with van der Waals surface area (Å²) in [4.78, 5) is 22.9. The second-order valence-electron chi connectivity index (χ2n) is 8.23. The lowest BCUT2D eigenvalue weighted by Crippen LogP contribution is -2.32. The number of rotatable bonds is 6. The zero-order chi connectivity index (χ0) is 24.4. The first kappa shape index (κ1) is 23.8. The minimum Gasteiger partial charge on any atom is -0.467 e. The molecule has 4 N–H and O–H groups in total. The summed E-state index contributed by atoms with van der Waals surface area (Å²) < 4.78 is 33.8. The lowest BCUT2D eigenvalue weighted by molar-refractivity contribution is -0.129. The molecular weight excluding hydrogens is 464 g/mol. The van der Waals surface area contributed by atoms with Crippen molar-refractivity contribution in [3.8, 4) is 17.1 Å². The lowest BCUT2D eigenvalue weighted by atomic mass is 10.1. The van der Waals surface area contributed by atoms with Crippen LogP contribution >= 0.6 is 11.6 Å². The summed E-state index contributed by atoms with van der Waals surface area (Å²) in [5, 5.41) is -0.369. The second-order valence-corrected chi connectivity index (χ2v) is 8.61. The molecule has 1 saturated heterocycles. The number of nitrogens with two attached hydrogens (primary N) is 2. The molecule has 3 aromatic rings. The average molecular weight is 488 g/mol. The predicted molar refractivity (Wildman–Crippen MR) is 125 cm³/mol. The van der Waals surface area contributed by atoms with Gasteiger partial charge >= 0.3 is 0 Å². The van der Waals surface area contributed by atoms with Gasteiger partial charge in [-0.1, -0.05) is 29.8 Å². The van der Waals surface area contributed by atoms with Gasteiger partial charge in [0.05, 0.1) is 23.3 Å². The molecule has 1 aromatic heterocycles. The van der Waals surface area contributed by atoms with Crippen LogP contribution in [0.3, 0.4) is 0 Å². The molecule has 4 rings (SSSR count). The van der Waals surface area contributed by atoms with Gasteiger partial charge in [0.1, 0.15) is 17.7 Å². The third-order valence-corrected chi connectivity index (χ3v) is 6.08. The summed E-state index contributed by atoms with van der Waals surface area (Å²) in [6.45, 7) is 2.74. The van der Waals surface area contributed by atoms with Gasteiger partial charge in [-0.25, -0.2) is 18.7 Å². The van der Waals surface area contributed by atoms with Crippen molar-refractivity contribution in [3.63, 3.8) is 0 Å². The Morgan fingerprint density at radius 2 is 2.06 bits per heavy atom. The van der Waals surface area contributed by atoms with E-state index in [0.29, 0.717) is 24.3 Å². The number of halogens is 3. The van der Waals surface area contributed by atoms with E-state index < -0.39 is 17.7 Å². The van der Waals surface area contributed by atoms with Gasteiger partial charge in [0.2, 0.25) is 5.91 Å². The van der Waals surface area contributed by atoms with E-state index in [0.717, 1.165) is 24.1 Å². The van der Waals surface area contributed by atoms with Crippen LogP contribution in [-0.2, 0) is 11.2 Å². The van der Waals surface area contributed by atoms with E-state index in [4.69, 9.17) is 27.8 Å². The Hall–Kier alpha value is -3.30. The van der Waals surface area contributed by atoms with Crippen molar-refractivity contribution in [2.24, 2.45) is 5.73 Å². The highest BCUT2D eigenvalue weighted by molar-refractivity contribution is 6.31. The number of hydrogen-bond donors (Lipinski definition) is 2. The number of nitrogens with zero attached hydrogens (tertiary/aromatic N) is 3. The number of likely N-dealkylation sites (tertiary alicyclic amines) is 1. The number of amides is 1. The standard InChI is InChI=1S/C24H24ClF2N5O2/c1-13(21-17(26)5-6-18(27)22(21)25)34-24-23(29)30-11-19(31-24)15-4-2-3-14(9-15)10-20(33)32-8-7-16(28)12-32/h2-6,9,11,13,16H,7-8,10,12,28H2,1H3,(H2,29,30)/t13?,16-/m1/s1. The van der Waals surface area contributed by atoms with E-state index >= 15 is 0 Å². The highest BCUT2D eigenvalue weighted by Crippen LogP contribution is 2.33. The van der Waals surface area contributed by atoms with Crippen LogP contribution in [0.15, 0.2) is 42.6 Å². The molecule has 178 valence electrons. The molecule has 10 heteroatoms. The zero-order valence-corrected chi connectivity index (χ0v) is 19.2. The molecule has 0 radical (unpaired) electrons. The summed E-state index contributed by atoms with van der Waals surface area (Å²) in [7, 11) is 0. The molecule has 1 fully saturated rings. The maximum absolute atomic E-state index is 14.3. The fraction of sp³-hybridized carbons (Fsp3) is 0.292. The van der Waals surface area contributed by atoms with Crippen LogP contribution in [0.1, 0.15) is 30.6 Å². The largest absolute Gasteiger partial charge is 0.467 e. The monoisotopic (exact) mass is 487 g/mol. The molecule has 1 aliphatic heterocycles. The van der Waals surface area contributed by atoms with Crippen molar-refractivity contribution >= 4 is 23.3 Å². The van der Waals surface area contributed by atoms with Crippen molar-refractivity contribution in [1.82, 2.24) is 14.9 Å². The van der Waals surface area contributed by atoms with Crippen molar-refractivity contribution in [2.75, 3.05) is 18.8 Å². The minimum atomic E-state index is -0.981. The van der Waals surface area contributed by atoms with E-state index in [1.54, 1.807) is 4.90 Å². The lowest BCUT2D eigenvalue weighted by Gasteiger charge is -2.18. The van der Waals surface area contributed by atoms with Crippen molar-refractivity contribution in [2.45, 2.75) is 31.9 Å². The van der Waals surface area contributed by atoms with Gasteiger partial charge < -0.3 is 21.1 Å². The molecule has 34 heavy (non-hydrogen) atoms. The van der Waals surface area contributed by atoms with Crippen LogP contribution in [0.2, 0.25) is 5.02 Å². The quantitative estimate of drug-likeness (QED) is 0.511. The van der Waals surface area contributed by atoms with E-state index in [9.17, 15) is 13.6 Å². The van der Waals surface area contributed by atoms with Gasteiger partial charge in [-0.15, -0.1) is 0 Å². The number of hydrogen-bond acceptors (Lipinski definition) is 6. The Bertz CT molecular complexity index is 1230. The molecule has 0 aliphatic carbocycles. The van der Waals surface area contributed by atoms with Crippen LogP contribution in [0.25, 0.3) is 11.3 Å². The number of anilines is 1. The number of ether oxygens (including phenoxy) is 1. The fourth-order valence-electron chi connectivity index (χ4n) is 3.89. The van der Waals surface area contributed by atoms with Crippen LogP contribution < -0.4 is 16.2 Å². The van der Waals surface area contributed by atoms with Gasteiger partial charge in [0, 0.05) is 30.3 Å². The Morgan fingerprint density at radius 3 is 2.79 bits per heavy atom. The van der Waals surface area contributed by atoms with E-state index in [1.165, 1.54) is 13.1 Å². The first-order valence-electron chi connectivity index (χ1n) is 10.8. The van der Waals surface area contributed by atoms with E-state index in [2.05, 4.69) is 9.97 Å². The smallest absolute Gasteiger partial charge is 0.258 e. The van der Waals surface area contributed by atoms with Gasteiger partial charge in [-0.3, -0.25) is 4.79 Å². The van der Waals surface area contributed by atoms with Gasteiger partial charge in [-0.05, 0) is 37.1 Å². The molecule has 1 amide bonds. The molecule has 2 heterocycles. The Labute approximate surface area is 200 Å². The molecule has 1 aliphatic rings. The third kappa shape index (κ3) is 5.10. The van der Waals surface area contributed by atoms with Gasteiger partial charge in [-0.2, -0.15) is 0 Å². The van der Waals surface area contributed by atoms with Crippen molar-refractivity contribution < 1.29 is 18.3 Å². The molecule has 7 nitrogen and oxygen atoms in total. The van der Waals surface area contributed by atoms with Crippen LogP contribution in [0, 0.1) is 11.6 Å². The summed E-state index contributed by atoms with van der Waals surface area (Å²) in [5.74, 6) is -1.51. The summed E-state index contributed by atoms with van der Waals surface area (Å²) in [6, 6.07) is 9.27. The normalized spacial score (nSPS) is 16.5. The van der Waals surface area contributed by atoms with E-state index in [-0.39, 0.29) is 40.7 Å². The molecule has 0 spiro atoms. The first-order chi connectivity index (χ1) is 16.2. The van der Waals surface area contributed by atoms with Gasteiger partial charge in [0.25, 0.3) is 5.88 Å². The second kappa shape index (κ2) is 9.90. The molecular formula is C24H24ClF2N5O2. The van der Waals surface area contributed by atoms with Gasteiger partial charge in [0.15, 0.2) is 5.82 Å². The Balaban J connectivity index is 1.55. The highest BCUT2D eigenvalue weighted by atomic mass is 35.5. The maximum atomic E-state index is 14.3. The number of benzene rings is 2. The molecule has 0 bridgehead atoms. The van der Waals surface area contributed by atoms with E-state index in [1.807, 2.05) is 24.3 Å². The average Bonchev–Trinajstić information content (AvgIpc) is 3.25. The summed E-state index contributed by atoms with van der Waals surface area (Å²) >= 11 is 5.94. The van der Waals surface area contributed by atoms with Crippen molar-refractivity contribution in [1.29, 1.82) is 0 Å². The number of carbonyl (C=O) groups is 1. The molecule has 2 aromatic carbocycles. The number of aromatic nitrogens is 2. The number of carbonyl (C=O) groups excluding carboxylic acids is 1. The zero-order valence-electron chi connectivity index (χ0n) is 18.5. The van der Waals surface area contributed by atoms with Crippen LogP contribution in [0.5, 0.6) is 5.88 Å². The van der Waals surface area contributed by atoms with Crippen LogP contribution in [0.4, 0.5) is 14.6 Å². The van der Waals surface area contributed by atoms with Crippen molar-refractivity contribution in [3.05, 3.63) is 70.4 Å². The highest BCUT2D eigenvalue weighted by Gasteiger charge is 2.24. The summed E-state index contributed by atoms with van der Waals surface area (Å²) in [6.07, 6.45) is 1.54. The predicted octanol–water partition coefficient (Wildman–Crippen LogP) is 3.90. The topological polar surface area (TPSA) is 107 Å². The Kier molecular flexibility index (Phi) is 6.95. The molecule has 0 saturated carbocycles. The summed E-state index contributed by atoms with van der Waals surface area (Å²) in [5.41, 5.74) is 13.6. The first-order valence-corrected chi connectivity index (χ1v) is 11.2. The molecule has 2 atom stereocenters. The molecule has 1 unspecified atom stereocenters. The fourth-order valence-corrected chi connectivity index (χ4v) is 4.20. The minimum absolute atomic E-state index is 0.0137. The van der Waals surface area contributed by atoms with Crippen LogP contribution in [-0.4, -0.2) is 39.9 Å². The third-order valence-electron chi connectivity index (χ3n) is 5.70. The Morgan fingerprint density at radius 1 is 1.29 bits per heavy atom. The number of nitrogen functional groups attached to an aromatic ring is 1. The SMILES string of the molecule is CC(Oc1nc(-c2cccc(CC(=O)N3CC[C@@H](N)C3)c2)cnc1N)c1c(F)ccc(F)c1Cl.